The van der Waals surface area contributed by atoms with E-state index in [0.717, 1.165) is 44.0 Å². The molecule has 1 aromatic carbocycles. The summed E-state index contributed by atoms with van der Waals surface area (Å²) in [6, 6.07) is 5.97. The van der Waals surface area contributed by atoms with Gasteiger partial charge >= 0.3 is 0 Å². The normalized spacial score (nSPS) is 20.0. The van der Waals surface area contributed by atoms with Gasteiger partial charge < -0.3 is 20.4 Å². The standard InChI is InChI=1S/C20H32N4O2/c1-15(2)12-21-19(25)13-23-8-10-24(11-9-23)14-20(26)22-18-7-5-6-16(3)17(18)4/h5-7,15H,8-14H2,1-4H3,(H,21,25)(H,22,26)/p+2. The number of carbonyl (C=O) groups excluding carboxylic acids is 2. The summed E-state index contributed by atoms with van der Waals surface area (Å²) in [4.78, 5) is 26.9. The van der Waals surface area contributed by atoms with Gasteiger partial charge in [-0.2, -0.15) is 0 Å². The van der Waals surface area contributed by atoms with Crippen molar-refractivity contribution in [2.45, 2.75) is 27.7 Å². The maximum absolute atomic E-state index is 12.3. The van der Waals surface area contributed by atoms with E-state index in [1.807, 2.05) is 19.1 Å². The van der Waals surface area contributed by atoms with Crippen LogP contribution in [-0.4, -0.2) is 57.6 Å². The highest BCUT2D eigenvalue weighted by Crippen LogP contribution is 2.17. The van der Waals surface area contributed by atoms with Crippen LogP contribution in [0.15, 0.2) is 18.2 Å². The first-order valence-electron chi connectivity index (χ1n) is 9.65. The van der Waals surface area contributed by atoms with Gasteiger partial charge in [-0.1, -0.05) is 26.0 Å². The van der Waals surface area contributed by atoms with E-state index in [2.05, 4.69) is 37.5 Å². The van der Waals surface area contributed by atoms with E-state index in [1.165, 1.54) is 15.4 Å². The molecule has 0 spiro atoms. The Morgan fingerprint density at radius 2 is 1.58 bits per heavy atom. The number of hydrogen-bond acceptors (Lipinski definition) is 2. The van der Waals surface area contributed by atoms with Crippen molar-refractivity contribution in [2.24, 2.45) is 5.92 Å². The molecule has 1 aromatic rings. The van der Waals surface area contributed by atoms with Crippen molar-refractivity contribution >= 4 is 17.5 Å². The van der Waals surface area contributed by atoms with Crippen LogP contribution in [-0.2, 0) is 9.59 Å². The Morgan fingerprint density at radius 1 is 1.00 bits per heavy atom. The van der Waals surface area contributed by atoms with Crippen molar-refractivity contribution in [1.29, 1.82) is 0 Å². The third-order valence-corrected chi connectivity index (χ3v) is 5.07. The summed E-state index contributed by atoms with van der Waals surface area (Å²) in [5.74, 6) is 0.669. The van der Waals surface area contributed by atoms with Crippen LogP contribution < -0.4 is 20.4 Å². The average molecular weight is 363 g/mol. The molecule has 6 heteroatoms. The molecule has 6 nitrogen and oxygen atoms in total. The number of piperazine rings is 1. The lowest BCUT2D eigenvalue weighted by molar-refractivity contribution is -1.00. The monoisotopic (exact) mass is 362 g/mol. The van der Waals surface area contributed by atoms with Crippen molar-refractivity contribution in [3.63, 3.8) is 0 Å². The number of carbonyl (C=O) groups is 2. The average Bonchev–Trinajstić information content (AvgIpc) is 2.59. The van der Waals surface area contributed by atoms with Gasteiger partial charge in [-0.15, -0.1) is 0 Å². The zero-order valence-electron chi connectivity index (χ0n) is 16.6. The van der Waals surface area contributed by atoms with E-state index >= 15 is 0 Å². The Balaban J connectivity index is 1.72. The summed E-state index contributed by atoms with van der Waals surface area (Å²) in [5, 5.41) is 6.02. The molecule has 2 amide bonds. The lowest BCUT2D eigenvalue weighted by Gasteiger charge is -2.29. The number of aryl methyl sites for hydroxylation is 1. The Bertz CT molecular complexity index is 622. The van der Waals surface area contributed by atoms with Crippen LogP contribution in [0, 0.1) is 19.8 Å². The van der Waals surface area contributed by atoms with Gasteiger partial charge in [0, 0.05) is 12.2 Å². The van der Waals surface area contributed by atoms with Gasteiger partial charge in [0.05, 0.1) is 0 Å². The zero-order valence-corrected chi connectivity index (χ0v) is 16.6. The maximum Gasteiger partial charge on any atom is 0.279 e. The van der Waals surface area contributed by atoms with Crippen LogP contribution >= 0.6 is 0 Å². The second-order valence-electron chi connectivity index (χ2n) is 7.85. The summed E-state index contributed by atoms with van der Waals surface area (Å²) in [6.07, 6.45) is 0. The molecule has 0 aromatic heterocycles. The Hall–Kier alpha value is -1.92. The van der Waals surface area contributed by atoms with Crippen LogP contribution in [0.2, 0.25) is 0 Å². The third-order valence-electron chi connectivity index (χ3n) is 5.07. The van der Waals surface area contributed by atoms with Crippen molar-refractivity contribution in [3.8, 4) is 0 Å². The van der Waals surface area contributed by atoms with Gasteiger partial charge in [-0.05, 0) is 37.0 Å². The molecule has 0 unspecified atom stereocenters. The Kier molecular flexibility index (Phi) is 7.60. The molecule has 1 aliphatic heterocycles. The molecule has 1 heterocycles. The Labute approximate surface area is 156 Å². The highest BCUT2D eigenvalue weighted by molar-refractivity contribution is 5.92. The quantitative estimate of drug-likeness (QED) is 0.492. The largest absolute Gasteiger partial charge is 0.351 e. The minimum Gasteiger partial charge on any atom is -0.351 e. The SMILES string of the molecule is Cc1cccc(NC(=O)C[NH+]2CC[NH+](CC(=O)NCC(C)C)CC2)c1C. The van der Waals surface area contributed by atoms with Crippen LogP contribution in [0.1, 0.15) is 25.0 Å². The molecule has 26 heavy (non-hydrogen) atoms. The Morgan fingerprint density at radius 3 is 2.15 bits per heavy atom. The predicted octanol–water partition coefficient (Wildman–Crippen LogP) is -1.20. The van der Waals surface area contributed by atoms with Crippen LogP contribution in [0.3, 0.4) is 0 Å². The fourth-order valence-corrected chi connectivity index (χ4v) is 3.23. The molecule has 0 saturated carbocycles. The summed E-state index contributed by atoms with van der Waals surface area (Å²) in [5.41, 5.74) is 3.21. The fraction of sp³-hybridized carbons (Fsp3) is 0.600. The van der Waals surface area contributed by atoms with E-state index in [0.29, 0.717) is 19.0 Å². The van der Waals surface area contributed by atoms with E-state index in [9.17, 15) is 9.59 Å². The molecule has 0 aliphatic carbocycles. The van der Waals surface area contributed by atoms with Gasteiger partial charge in [-0.25, -0.2) is 0 Å². The molecule has 0 atom stereocenters. The predicted molar refractivity (Wildman–Crippen MR) is 104 cm³/mol. The second-order valence-corrected chi connectivity index (χ2v) is 7.85. The van der Waals surface area contributed by atoms with E-state index in [4.69, 9.17) is 0 Å². The maximum atomic E-state index is 12.3. The smallest absolute Gasteiger partial charge is 0.279 e. The lowest BCUT2D eigenvalue weighted by atomic mass is 10.1. The number of quaternary nitrogens is 2. The van der Waals surface area contributed by atoms with Gasteiger partial charge in [-0.3, -0.25) is 9.59 Å². The van der Waals surface area contributed by atoms with Crippen molar-refractivity contribution in [1.82, 2.24) is 5.32 Å². The summed E-state index contributed by atoms with van der Waals surface area (Å²) >= 11 is 0. The topological polar surface area (TPSA) is 67.1 Å². The van der Waals surface area contributed by atoms with E-state index in [1.54, 1.807) is 0 Å². The molecule has 1 fully saturated rings. The van der Waals surface area contributed by atoms with Gasteiger partial charge in [0.25, 0.3) is 11.8 Å². The van der Waals surface area contributed by atoms with Crippen molar-refractivity contribution in [3.05, 3.63) is 29.3 Å². The molecule has 2 rings (SSSR count). The van der Waals surface area contributed by atoms with Gasteiger partial charge in [0.2, 0.25) is 0 Å². The number of benzene rings is 1. The molecule has 0 radical (unpaired) electrons. The fourth-order valence-electron chi connectivity index (χ4n) is 3.23. The van der Waals surface area contributed by atoms with Crippen LogP contribution in [0.5, 0.6) is 0 Å². The number of hydrogen-bond donors (Lipinski definition) is 4. The first-order chi connectivity index (χ1) is 12.3. The summed E-state index contributed by atoms with van der Waals surface area (Å²) < 4.78 is 0. The van der Waals surface area contributed by atoms with Crippen LogP contribution in [0.4, 0.5) is 5.69 Å². The van der Waals surface area contributed by atoms with Gasteiger partial charge in [0.15, 0.2) is 13.1 Å². The minimum absolute atomic E-state index is 0.0619. The van der Waals surface area contributed by atoms with Crippen molar-refractivity contribution in [2.75, 3.05) is 51.1 Å². The first kappa shape index (κ1) is 20.4. The number of nitrogens with one attached hydrogen (secondary N) is 4. The molecule has 1 aliphatic rings. The van der Waals surface area contributed by atoms with Crippen LogP contribution in [0.25, 0.3) is 0 Å². The molecule has 144 valence electrons. The highest BCUT2D eigenvalue weighted by atomic mass is 16.2. The van der Waals surface area contributed by atoms with E-state index in [-0.39, 0.29) is 11.8 Å². The first-order valence-corrected chi connectivity index (χ1v) is 9.65. The van der Waals surface area contributed by atoms with E-state index < -0.39 is 0 Å². The number of anilines is 1. The summed E-state index contributed by atoms with van der Waals surface area (Å²) in [7, 11) is 0. The lowest BCUT2D eigenvalue weighted by Crippen LogP contribution is -3.28. The highest BCUT2D eigenvalue weighted by Gasteiger charge is 2.26. The zero-order chi connectivity index (χ0) is 19.1. The molecule has 1 saturated heterocycles. The molecular weight excluding hydrogens is 328 g/mol. The summed E-state index contributed by atoms with van der Waals surface area (Å²) in [6.45, 7) is 13.7. The molecule has 4 N–H and O–H groups in total. The van der Waals surface area contributed by atoms with Gasteiger partial charge in [0.1, 0.15) is 26.2 Å². The molecule has 0 bridgehead atoms. The minimum atomic E-state index is 0.0619. The third kappa shape index (κ3) is 6.42. The number of amides is 2. The second kappa shape index (κ2) is 9.69. The molecular formula is C20H34N4O2+2. The van der Waals surface area contributed by atoms with Crippen molar-refractivity contribution < 1.29 is 19.4 Å². The number of rotatable bonds is 7.